The van der Waals surface area contributed by atoms with Gasteiger partial charge in [0.05, 0.1) is 12.0 Å². The third kappa shape index (κ3) is 2.40. The Morgan fingerprint density at radius 2 is 2.30 bits per heavy atom. The molecule has 1 fully saturated rings. The van der Waals surface area contributed by atoms with Crippen LogP contribution < -0.4 is 4.74 Å². The van der Waals surface area contributed by atoms with Gasteiger partial charge in [0.15, 0.2) is 0 Å². The molecule has 1 N–H and O–H groups in total. The lowest BCUT2D eigenvalue weighted by atomic mass is 9.90. The average Bonchev–Trinajstić information content (AvgIpc) is 3.05. The monoisotopic (exact) mass is 297 g/mol. The topological polar surface area (TPSA) is 66.8 Å². The molecule has 1 aromatic heterocycles. The number of ether oxygens (including phenoxy) is 1. The van der Waals surface area contributed by atoms with Crippen molar-refractivity contribution < 1.29 is 19.4 Å². The molecule has 20 heavy (non-hydrogen) atoms. The Labute approximate surface area is 122 Å². The molecule has 1 amide bonds. The number of hydrogen-bond donors (Lipinski definition) is 1. The molecule has 2 rings (SSSR count). The van der Waals surface area contributed by atoms with Gasteiger partial charge in [0.1, 0.15) is 11.3 Å². The minimum Gasteiger partial charge on any atom is -0.496 e. The van der Waals surface area contributed by atoms with Crippen molar-refractivity contribution in [3.63, 3.8) is 0 Å². The van der Waals surface area contributed by atoms with Crippen LogP contribution in [-0.2, 0) is 4.79 Å². The molecule has 0 aliphatic carbocycles. The van der Waals surface area contributed by atoms with Crippen LogP contribution >= 0.6 is 11.3 Å². The fourth-order valence-corrected chi connectivity index (χ4v) is 3.65. The average molecular weight is 297 g/mol. The van der Waals surface area contributed by atoms with Crippen molar-refractivity contribution in [2.45, 2.75) is 38.1 Å². The van der Waals surface area contributed by atoms with Gasteiger partial charge >= 0.3 is 5.97 Å². The number of amides is 1. The first-order valence-corrected chi connectivity index (χ1v) is 7.61. The van der Waals surface area contributed by atoms with Crippen LogP contribution in [0.2, 0.25) is 0 Å². The molecule has 1 saturated heterocycles. The van der Waals surface area contributed by atoms with Crippen molar-refractivity contribution in [1.82, 2.24) is 4.90 Å². The van der Waals surface area contributed by atoms with Crippen LogP contribution in [0.5, 0.6) is 5.75 Å². The normalized spacial score (nSPS) is 22.0. The summed E-state index contributed by atoms with van der Waals surface area (Å²) in [5.74, 6) is -0.464. The van der Waals surface area contributed by atoms with Crippen LogP contribution in [0.4, 0.5) is 0 Å². The summed E-state index contributed by atoms with van der Waals surface area (Å²) in [6, 6.07) is 1.67. The van der Waals surface area contributed by atoms with Crippen molar-refractivity contribution in [3.8, 4) is 5.75 Å². The van der Waals surface area contributed by atoms with Crippen LogP contribution in [0, 0.1) is 0 Å². The lowest BCUT2D eigenvalue weighted by Gasteiger charge is -2.34. The zero-order chi connectivity index (χ0) is 14.8. The molecular weight excluding hydrogens is 278 g/mol. The highest BCUT2D eigenvalue weighted by atomic mass is 32.1. The quantitative estimate of drug-likeness (QED) is 0.907. The Hall–Kier alpha value is -1.56. The largest absolute Gasteiger partial charge is 0.496 e. The highest BCUT2D eigenvalue weighted by molar-refractivity contribution is 7.12. The Balaban J connectivity index is 2.29. The molecule has 6 heteroatoms. The number of likely N-dealkylation sites (tertiary alicyclic amines) is 1. The summed E-state index contributed by atoms with van der Waals surface area (Å²) >= 11 is 1.29. The molecule has 1 atom stereocenters. The van der Waals surface area contributed by atoms with Gasteiger partial charge < -0.3 is 14.7 Å². The number of methoxy groups -OCH3 is 1. The van der Waals surface area contributed by atoms with Crippen molar-refractivity contribution in [2.24, 2.45) is 0 Å². The number of carbonyl (C=O) groups is 2. The van der Waals surface area contributed by atoms with Crippen LogP contribution in [0.25, 0.3) is 0 Å². The predicted molar refractivity (Wildman–Crippen MR) is 76.4 cm³/mol. The van der Waals surface area contributed by atoms with E-state index in [1.807, 2.05) is 6.92 Å². The molecule has 2 heterocycles. The van der Waals surface area contributed by atoms with E-state index in [2.05, 4.69) is 0 Å². The number of carboxylic acid groups (broad SMARTS) is 1. The summed E-state index contributed by atoms with van der Waals surface area (Å²) in [5.41, 5.74) is -1.04. The highest BCUT2D eigenvalue weighted by Crippen LogP contribution is 2.36. The number of rotatable bonds is 5. The van der Waals surface area contributed by atoms with Crippen LogP contribution in [0.1, 0.15) is 42.3 Å². The van der Waals surface area contributed by atoms with Gasteiger partial charge in [-0.3, -0.25) is 4.79 Å². The molecule has 0 radical (unpaired) electrons. The molecule has 1 aliphatic rings. The second-order valence-corrected chi connectivity index (χ2v) is 5.91. The molecular formula is C14H19NO4S. The first-order valence-electron chi connectivity index (χ1n) is 6.73. The van der Waals surface area contributed by atoms with E-state index in [4.69, 9.17) is 4.74 Å². The van der Waals surface area contributed by atoms with Gasteiger partial charge in [-0.1, -0.05) is 13.3 Å². The highest BCUT2D eigenvalue weighted by Gasteiger charge is 2.49. The molecule has 0 spiro atoms. The number of carbonyl (C=O) groups excluding carboxylic acids is 1. The van der Waals surface area contributed by atoms with Gasteiger partial charge in [-0.15, -0.1) is 11.3 Å². The molecule has 1 unspecified atom stereocenters. The number of carboxylic acids is 1. The van der Waals surface area contributed by atoms with Crippen LogP contribution in [-0.4, -0.2) is 41.1 Å². The zero-order valence-corrected chi connectivity index (χ0v) is 12.5. The van der Waals surface area contributed by atoms with Crippen molar-refractivity contribution >= 4 is 23.2 Å². The Kier molecular flexibility index (Phi) is 4.32. The summed E-state index contributed by atoms with van der Waals surface area (Å²) < 4.78 is 5.08. The fraction of sp³-hybridized carbons (Fsp3) is 0.571. The Morgan fingerprint density at radius 1 is 1.55 bits per heavy atom. The SMILES string of the molecule is CCCC1(C(=O)O)CCCN1C(=O)c1cc(OC)cs1. The minimum absolute atomic E-state index is 0.202. The summed E-state index contributed by atoms with van der Waals surface area (Å²) in [7, 11) is 1.55. The van der Waals surface area contributed by atoms with Gasteiger partial charge in [0, 0.05) is 18.0 Å². The van der Waals surface area contributed by atoms with Gasteiger partial charge in [-0.25, -0.2) is 4.79 Å². The van der Waals surface area contributed by atoms with Gasteiger partial charge in [0.2, 0.25) is 0 Å². The lowest BCUT2D eigenvalue weighted by molar-refractivity contribution is -0.148. The van der Waals surface area contributed by atoms with Crippen molar-refractivity contribution in [1.29, 1.82) is 0 Å². The Bertz CT molecular complexity index is 513. The number of thiophene rings is 1. The summed E-state index contributed by atoms with van der Waals surface area (Å²) in [5, 5.41) is 11.4. The number of aliphatic carboxylic acids is 1. The van der Waals surface area contributed by atoms with E-state index in [9.17, 15) is 14.7 Å². The third-order valence-corrected chi connectivity index (χ3v) is 4.71. The second-order valence-electron chi connectivity index (χ2n) is 5.00. The summed E-state index contributed by atoms with van der Waals surface area (Å²) in [4.78, 5) is 26.4. The smallest absolute Gasteiger partial charge is 0.329 e. The van der Waals surface area contributed by atoms with Crippen LogP contribution in [0.15, 0.2) is 11.4 Å². The first kappa shape index (κ1) is 14.8. The molecule has 1 aromatic rings. The standard InChI is InChI=1S/C14H19NO4S/c1-3-5-14(13(17)18)6-4-7-15(14)12(16)11-8-10(19-2)9-20-11/h8-9H,3-7H2,1-2H3,(H,17,18). The van der Waals surface area contributed by atoms with Gasteiger partial charge in [0.25, 0.3) is 5.91 Å². The molecule has 0 bridgehead atoms. The summed E-state index contributed by atoms with van der Waals surface area (Å²) in [6.07, 6.45) is 2.51. The third-order valence-electron chi connectivity index (χ3n) is 3.82. The van der Waals surface area contributed by atoms with Crippen molar-refractivity contribution in [2.75, 3.05) is 13.7 Å². The zero-order valence-electron chi connectivity index (χ0n) is 11.7. The minimum atomic E-state index is -1.04. The molecule has 0 aromatic carbocycles. The van der Waals surface area contributed by atoms with E-state index in [1.54, 1.807) is 18.6 Å². The predicted octanol–water partition coefficient (Wildman–Crippen LogP) is 2.62. The number of hydrogen-bond acceptors (Lipinski definition) is 4. The van der Waals surface area contributed by atoms with E-state index >= 15 is 0 Å². The number of nitrogens with zero attached hydrogens (tertiary/aromatic N) is 1. The van der Waals surface area contributed by atoms with Gasteiger partial charge in [-0.2, -0.15) is 0 Å². The second kappa shape index (κ2) is 5.83. The Morgan fingerprint density at radius 3 is 2.85 bits per heavy atom. The lowest BCUT2D eigenvalue weighted by Crippen LogP contribution is -2.52. The van der Waals surface area contributed by atoms with E-state index < -0.39 is 11.5 Å². The maximum Gasteiger partial charge on any atom is 0.329 e. The van der Waals surface area contributed by atoms with E-state index in [1.165, 1.54) is 16.2 Å². The van der Waals surface area contributed by atoms with Crippen LogP contribution in [0.3, 0.4) is 0 Å². The molecule has 1 aliphatic heterocycles. The molecule has 0 saturated carbocycles. The molecule has 5 nitrogen and oxygen atoms in total. The van der Waals surface area contributed by atoms with E-state index in [-0.39, 0.29) is 5.91 Å². The summed E-state index contributed by atoms with van der Waals surface area (Å²) in [6.45, 7) is 2.45. The maximum atomic E-state index is 12.6. The maximum absolute atomic E-state index is 12.6. The fourth-order valence-electron chi connectivity index (χ4n) is 2.85. The van der Waals surface area contributed by atoms with Gasteiger partial charge in [-0.05, 0) is 19.3 Å². The molecule has 110 valence electrons. The van der Waals surface area contributed by atoms with Crippen molar-refractivity contribution in [3.05, 3.63) is 16.3 Å². The van der Waals surface area contributed by atoms with E-state index in [0.29, 0.717) is 30.0 Å². The first-order chi connectivity index (χ1) is 9.55. The van der Waals surface area contributed by atoms with E-state index in [0.717, 1.165) is 12.8 Å².